The number of carbonyl (C=O) groups is 2. The van der Waals surface area contributed by atoms with Gasteiger partial charge in [-0.3, -0.25) is 4.79 Å². The summed E-state index contributed by atoms with van der Waals surface area (Å²) in [6.45, 7) is 15.2. The number of esters is 2. The smallest absolute Gasteiger partial charge is 0.334 e. The van der Waals surface area contributed by atoms with Crippen molar-refractivity contribution in [3.8, 4) is 16.9 Å². The normalized spacial score (nSPS) is 15.6. The summed E-state index contributed by atoms with van der Waals surface area (Å²) in [5.41, 5.74) is 4.02. The Morgan fingerprint density at radius 1 is 1.00 bits per heavy atom. The Balaban J connectivity index is 1.80. The largest absolute Gasteiger partial charge is 0.491 e. The second-order valence-corrected chi connectivity index (χ2v) is 11.6. The van der Waals surface area contributed by atoms with Gasteiger partial charge in [-0.2, -0.15) is 0 Å². The lowest BCUT2D eigenvalue weighted by Gasteiger charge is -2.23. The summed E-state index contributed by atoms with van der Waals surface area (Å²) in [6.07, 6.45) is 5.43. The van der Waals surface area contributed by atoms with E-state index in [4.69, 9.17) is 18.9 Å². The van der Waals surface area contributed by atoms with Gasteiger partial charge in [0.25, 0.3) is 0 Å². The van der Waals surface area contributed by atoms with Crippen molar-refractivity contribution < 1.29 is 28.5 Å². The zero-order valence-corrected chi connectivity index (χ0v) is 25.7. The van der Waals surface area contributed by atoms with Gasteiger partial charge < -0.3 is 23.8 Å². The van der Waals surface area contributed by atoms with Crippen molar-refractivity contribution in [1.82, 2.24) is 0 Å². The van der Waals surface area contributed by atoms with Crippen LogP contribution in [-0.4, -0.2) is 57.1 Å². The first kappa shape index (κ1) is 32.2. The van der Waals surface area contributed by atoms with Crippen LogP contribution in [0, 0.1) is 5.92 Å². The molecule has 0 amide bonds. The minimum absolute atomic E-state index is 0.146. The summed E-state index contributed by atoms with van der Waals surface area (Å²) < 4.78 is 22.2. The molecule has 1 atom stereocenters. The van der Waals surface area contributed by atoms with E-state index in [0.717, 1.165) is 67.1 Å². The molecule has 0 radical (unpaired) electrons. The highest BCUT2D eigenvalue weighted by Crippen LogP contribution is 2.34. The molecule has 1 aliphatic rings. The van der Waals surface area contributed by atoms with Crippen molar-refractivity contribution in [2.75, 3.05) is 44.4 Å². The Bertz CT molecular complexity index is 1160. The maximum absolute atomic E-state index is 12.8. The molecule has 1 unspecified atom stereocenters. The molecule has 1 heterocycles. The van der Waals surface area contributed by atoms with E-state index in [9.17, 15) is 9.59 Å². The second kappa shape index (κ2) is 15.6. The number of nitrogens with zero attached hydrogens (tertiary/aromatic N) is 1. The fraction of sp³-hybridized carbons (Fsp3) is 0.529. The van der Waals surface area contributed by atoms with Gasteiger partial charge in [-0.25, -0.2) is 4.79 Å². The van der Waals surface area contributed by atoms with Crippen LogP contribution in [0.25, 0.3) is 17.2 Å². The van der Waals surface area contributed by atoms with E-state index in [1.165, 1.54) is 0 Å². The molecule has 2 aromatic carbocycles. The van der Waals surface area contributed by atoms with Crippen LogP contribution in [0.15, 0.2) is 48.0 Å². The number of unbranched alkanes of at least 4 members (excludes halogenated alkanes) is 1. The van der Waals surface area contributed by atoms with Crippen molar-refractivity contribution in [2.24, 2.45) is 5.92 Å². The minimum Gasteiger partial charge on any atom is -0.491 e. The molecule has 1 saturated heterocycles. The first-order valence-electron chi connectivity index (χ1n) is 14.9. The highest BCUT2D eigenvalue weighted by molar-refractivity contribution is 5.95. The molecule has 0 spiro atoms. The SMILES string of the molecule is CCCCOCCOc1ccc(-c2ccc(N3CCC(CC(=O)OCC)C3)c(C=C(C)C(=O)OC(C)(C)C)c2)cc1. The Kier molecular flexibility index (Phi) is 12.3. The Morgan fingerprint density at radius 2 is 1.73 bits per heavy atom. The molecular formula is C34H47NO6. The highest BCUT2D eigenvalue weighted by Gasteiger charge is 2.27. The van der Waals surface area contributed by atoms with E-state index in [1.807, 2.05) is 58.0 Å². The van der Waals surface area contributed by atoms with Gasteiger partial charge in [0, 0.05) is 31.0 Å². The average Bonchev–Trinajstić information content (AvgIpc) is 3.38. The summed E-state index contributed by atoms with van der Waals surface area (Å²) >= 11 is 0. The van der Waals surface area contributed by atoms with Crippen molar-refractivity contribution >= 4 is 23.7 Å². The van der Waals surface area contributed by atoms with Crippen molar-refractivity contribution in [2.45, 2.75) is 72.8 Å². The van der Waals surface area contributed by atoms with E-state index in [2.05, 4.69) is 30.0 Å². The van der Waals surface area contributed by atoms with Crippen LogP contribution in [-0.2, 0) is 23.8 Å². The average molecular weight is 566 g/mol. The fourth-order valence-electron chi connectivity index (χ4n) is 4.77. The first-order valence-corrected chi connectivity index (χ1v) is 14.9. The molecule has 0 saturated carbocycles. The van der Waals surface area contributed by atoms with E-state index < -0.39 is 5.60 Å². The van der Waals surface area contributed by atoms with Gasteiger partial charge >= 0.3 is 11.9 Å². The van der Waals surface area contributed by atoms with E-state index in [-0.39, 0.29) is 17.9 Å². The number of hydrogen-bond donors (Lipinski definition) is 0. The number of benzene rings is 2. The molecule has 0 bridgehead atoms. The Morgan fingerprint density at radius 3 is 2.41 bits per heavy atom. The van der Waals surface area contributed by atoms with Gasteiger partial charge in [0.2, 0.25) is 0 Å². The van der Waals surface area contributed by atoms with Crippen molar-refractivity contribution in [1.29, 1.82) is 0 Å². The van der Waals surface area contributed by atoms with Gasteiger partial charge in [0.15, 0.2) is 0 Å². The number of rotatable bonds is 14. The number of carbonyl (C=O) groups excluding carboxylic acids is 2. The maximum atomic E-state index is 12.8. The molecule has 1 aliphatic heterocycles. The van der Waals surface area contributed by atoms with Gasteiger partial charge in [0.1, 0.15) is 18.0 Å². The van der Waals surface area contributed by atoms with Crippen LogP contribution in [0.2, 0.25) is 0 Å². The lowest BCUT2D eigenvalue weighted by Crippen LogP contribution is -2.24. The summed E-state index contributed by atoms with van der Waals surface area (Å²) in [6, 6.07) is 14.3. The highest BCUT2D eigenvalue weighted by atomic mass is 16.6. The van der Waals surface area contributed by atoms with Crippen LogP contribution in [0.1, 0.15) is 72.8 Å². The zero-order chi connectivity index (χ0) is 29.8. The van der Waals surface area contributed by atoms with Crippen molar-refractivity contribution in [3.63, 3.8) is 0 Å². The van der Waals surface area contributed by atoms with Gasteiger partial charge in [0.05, 0.1) is 19.6 Å². The lowest BCUT2D eigenvalue weighted by molar-refractivity contribution is -0.149. The molecule has 3 rings (SSSR count). The van der Waals surface area contributed by atoms with Gasteiger partial charge in [-0.15, -0.1) is 0 Å². The molecular weight excluding hydrogens is 518 g/mol. The Labute approximate surface area is 245 Å². The Hall–Kier alpha value is -3.32. The third kappa shape index (κ3) is 10.5. The van der Waals surface area contributed by atoms with E-state index >= 15 is 0 Å². The summed E-state index contributed by atoms with van der Waals surface area (Å²) in [4.78, 5) is 27.2. The van der Waals surface area contributed by atoms with Crippen LogP contribution in [0.3, 0.4) is 0 Å². The van der Waals surface area contributed by atoms with Crippen LogP contribution >= 0.6 is 0 Å². The standard InChI is InChI=1S/C34H47NO6/c1-7-9-18-38-19-20-40-30-13-10-27(11-14-30)28-12-15-31(35-17-16-26(24-35)22-32(36)39-8-2)29(23-28)21-25(3)33(37)41-34(4,5)6/h10-15,21,23,26H,7-9,16-20,22,24H2,1-6H3. The molecule has 1 fully saturated rings. The van der Waals surface area contributed by atoms with Crippen LogP contribution in [0.4, 0.5) is 5.69 Å². The van der Waals surface area contributed by atoms with E-state index in [0.29, 0.717) is 31.8 Å². The molecule has 224 valence electrons. The second-order valence-electron chi connectivity index (χ2n) is 11.6. The van der Waals surface area contributed by atoms with Gasteiger partial charge in [-0.05, 0) is 100 Å². The number of anilines is 1. The monoisotopic (exact) mass is 565 g/mol. The molecule has 0 aromatic heterocycles. The fourth-order valence-corrected chi connectivity index (χ4v) is 4.77. The van der Waals surface area contributed by atoms with Crippen LogP contribution in [0.5, 0.6) is 5.75 Å². The molecule has 0 aliphatic carbocycles. The van der Waals surface area contributed by atoms with Crippen LogP contribution < -0.4 is 9.64 Å². The molecule has 41 heavy (non-hydrogen) atoms. The number of hydrogen-bond acceptors (Lipinski definition) is 7. The zero-order valence-electron chi connectivity index (χ0n) is 25.7. The molecule has 2 aromatic rings. The minimum atomic E-state index is -0.572. The number of ether oxygens (including phenoxy) is 4. The third-order valence-electron chi connectivity index (χ3n) is 6.83. The maximum Gasteiger partial charge on any atom is 0.334 e. The predicted molar refractivity (Wildman–Crippen MR) is 164 cm³/mol. The first-order chi connectivity index (χ1) is 19.6. The topological polar surface area (TPSA) is 74.3 Å². The van der Waals surface area contributed by atoms with E-state index in [1.54, 1.807) is 6.92 Å². The van der Waals surface area contributed by atoms with Gasteiger partial charge in [-0.1, -0.05) is 31.5 Å². The molecule has 0 N–H and O–H groups in total. The lowest BCUT2D eigenvalue weighted by atomic mass is 9.99. The summed E-state index contributed by atoms with van der Waals surface area (Å²) in [7, 11) is 0. The molecule has 7 nitrogen and oxygen atoms in total. The predicted octanol–water partition coefficient (Wildman–Crippen LogP) is 7.07. The third-order valence-corrected chi connectivity index (χ3v) is 6.83. The summed E-state index contributed by atoms with van der Waals surface area (Å²) in [5, 5.41) is 0. The molecule has 7 heteroatoms. The van der Waals surface area contributed by atoms with Crippen molar-refractivity contribution in [3.05, 3.63) is 53.6 Å². The quantitative estimate of drug-likeness (QED) is 0.138. The summed E-state index contributed by atoms with van der Waals surface area (Å²) in [5.74, 6) is 0.555.